The summed E-state index contributed by atoms with van der Waals surface area (Å²) >= 11 is 0. The van der Waals surface area contributed by atoms with Crippen molar-refractivity contribution in [3.05, 3.63) is 11.9 Å². The number of nitrogens with two attached hydrogens (primary N) is 1. The minimum atomic E-state index is 0.450. The van der Waals surface area contributed by atoms with Crippen molar-refractivity contribution in [1.82, 2.24) is 15.0 Å². The molecule has 0 saturated heterocycles. The van der Waals surface area contributed by atoms with Gasteiger partial charge >= 0.3 is 0 Å². The van der Waals surface area contributed by atoms with Crippen LogP contribution in [-0.2, 0) is 17.8 Å². The third-order valence-electron chi connectivity index (χ3n) is 1.68. The highest BCUT2D eigenvalue weighted by Gasteiger charge is 1.97. The molecule has 1 aromatic rings. The summed E-state index contributed by atoms with van der Waals surface area (Å²) in [5.41, 5.74) is 6.23. The van der Waals surface area contributed by atoms with Gasteiger partial charge in [-0.3, -0.25) is 4.68 Å². The van der Waals surface area contributed by atoms with E-state index in [1.54, 1.807) is 4.68 Å². The molecule has 0 aliphatic rings. The summed E-state index contributed by atoms with van der Waals surface area (Å²) in [6.45, 7) is 4.82. The number of aromatic nitrogens is 3. The molecule has 0 radical (unpaired) electrons. The van der Waals surface area contributed by atoms with Crippen LogP contribution in [0.15, 0.2) is 6.20 Å². The van der Waals surface area contributed by atoms with Gasteiger partial charge < -0.3 is 10.5 Å². The van der Waals surface area contributed by atoms with Crippen LogP contribution >= 0.6 is 0 Å². The SMILES string of the molecule is CCOCCCn1cc(CN)nn1. The molecule has 5 heteroatoms. The Morgan fingerprint density at radius 3 is 3.08 bits per heavy atom. The van der Waals surface area contributed by atoms with Crippen molar-refractivity contribution in [2.24, 2.45) is 5.73 Å². The Labute approximate surface area is 77.9 Å². The summed E-state index contributed by atoms with van der Waals surface area (Å²) in [4.78, 5) is 0. The number of hydrogen-bond acceptors (Lipinski definition) is 4. The van der Waals surface area contributed by atoms with Crippen molar-refractivity contribution in [3.63, 3.8) is 0 Å². The third kappa shape index (κ3) is 3.52. The Morgan fingerprint density at radius 2 is 2.46 bits per heavy atom. The highest BCUT2D eigenvalue weighted by molar-refractivity contribution is 4.90. The average molecular weight is 184 g/mol. The van der Waals surface area contributed by atoms with Crippen LogP contribution in [0.3, 0.4) is 0 Å². The van der Waals surface area contributed by atoms with Crippen LogP contribution < -0.4 is 5.73 Å². The van der Waals surface area contributed by atoms with Crippen molar-refractivity contribution in [3.8, 4) is 0 Å². The predicted octanol–water partition coefficient (Wildman–Crippen LogP) is 0.163. The highest BCUT2D eigenvalue weighted by atomic mass is 16.5. The number of rotatable bonds is 6. The zero-order valence-corrected chi connectivity index (χ0v) is 7.94. The van der Waals surface area contributed by atoms with Crippen molar-refractivity contribution in [1.29, 1.82) is 0 Å². The number of hydrogen-bond donors (Lipinski definition) is 1. The first-order chi connectivity index (χ1) is 6.36. The van der Waals surface area contributed by atoms with Gasteiger partial charge in [0.05, 0.1) is 5.69 Å². The van der Waals surface area contributed by atoms with E-state index in [2.05, 4.69) is 10.3 Å². The summed E-state index contributed by atoms with van der Waals surface area (Å²) in [6, 6.07) is 0. The van der Waals surface area contributed by atoms with Crippen LogP contribution in [0.5, 0.6) is 0 Å². The lowest BCUT2D eigenvalue weighted by Gasteiger charge is -2.00. The van der Waals surface area contributed by atoms with E-state index in [9.17, 15) is 0 Å². The lowest BCUT2D eigenvalue weighted by atomic mass is 10.4. The second-order valence-corrected chi connectivity index (χ2v) is 2.73. The molecule has 0 atom stereocenters. The summed E-state index contributed by atoms with van der Waals surface area (Å²) < 4.78 is 7.00. The standard InChI is InChI=1S/C8H16N4O/c1-2-13-5-3-4-12-7-8(6-9)10-11-12/h7H,2-6,9H2,1H3. The number of ether oxygens (including phenoxy) is 1. The Hall–Kier alpha value is -0.940. The van der Waals surface area contributed by atoms with Crippen molar-refractivity contribution in [2.75, 3.05) is 13.2 Å². The van der Waals surface area contributed by atoms with Gasteiger partial charge in [-0.25, -0.2) is 0 Å². The molecule has 0 amide bonds. The van der Waals surface area contributed by atoms with Crippen LogP contribution in [0.2, 0.25) is 0 Å². The average Bonchev–Trinajstić information content (AvgIpc) is 2.60. The van der Waals surface area contributed by atoms with Gasteiger partial charge in [-0.05, 0) is 13.3 Å². The van der Waals surface area contributed by atoms with Crippen molar-refractivity contribution >= 4 is 0 Å². The molecule has 0 aliphatic heterocycles. The second kappa shape index (κ2) is 5.66. The summed E-state index contributed by atoms with van der Waals surface area (Å²) in [5, 5.41) is 7.80. The molecule has 2 N–H and O–H groups in total. The predicted molar refractivity (Wildman–Crippen MR) is 49.0 cm³/mol. The second-order valence-electron chi connectivity index (χ2n) is 2.73. The fourth-order valence-corrected chi connectivity index (χ4v) is 1.01. The summed E-state index contributed by atoms with van der Waals surface area (Å²) in [5.74, 6) is 0. The fourth-order valence-electron chi connectivity index (χ4n) is 1.01. The molecule has 74 valence electrons. The van der Waals surface area contributed by atoms with E-state index in [4.69, 9.17) is 10.5 Å². The molecule has 0 spiro atoms. The van der Waals surface area contributed by atoms with Gasteiger partial charge in [0.15, 0.2) is 0 Å². The molecule has 0 aromatic carbocycles. The first-order valence-corrected chi connectivity index (χ1v) is 4.53. The van der Waals surface area contributed by atoms with Gasteiger partial charge in [-0.15, -0.1) is 5.10 Å². The minimum Gasteiger partial charge on any atom is -0.382 e. The van der Waals surface area contributed by atoms with E-state index in [1.165, 1.54) is 0 Å². The van der Waals surface area contributed by atoms with E-state index < -0.39 is 0 Å². The molecule has 13 heavy (non-hydrogen) atoms. The van der Waals surface area contributed by atoms with E-state index >= 15 is 0 Å². The molecule has 0 saturated carbocycles. The van der Waals surface area contributed by atoms with Crippen molar-refractivity contribution < 1.29 is 4.74 Å². The molecule has 0 unspecified atom stereocenters. The highest BCUT2D eigenvalue weighted by Crippen LogP contribution is 1.93. The van der Waals surface area contributed by atoms with Crippen LogP contribution in [-0.4, -0.2) is 28.2 Å². The Bertz CT molecular complexity index is 236. The van der Waals surface area contributed by atoms with Crippen LogP contribution in [0.1, 0.15) is 19.0 Å². The molecule has 0 fully saturated rings. The molecule has 1 aromatic heterocycles. The molecule has 1 heterocycles. The topological polar surface area (TPSA) is 66.0 Å². The molecule has 5 nitrogen and oxygen atoms in total. The lowest BCUT2D eigenvalue weighted by molar-refractivity contribution is 0.140. The minimum absolute atomic E-state index is 0.450. The van der Waals surface area contributed by atoms with E-state index in [1.807, 2.05) is 13.1 Å². The van der Waals surface area contributed by atoms with Crippen LogP contribution in [0, 0.1) is 0 Å². The largest absolute Gasteiger partial charge is 0.382 e. The third-order valence-corrected chi connectivity index (χ3v) is 1.68. The molecule has 0 aliphatic carbocycles. The van der Waals surface area contributed by atoms with E-state index in [-0.39, 0.29) is 0 Å². The van der Waals surface area contributed by atoms with Crippen molar-refractivity contribution in [2.45, 2.75) is 26.4 Å². The number of aryl methyl sites for hydroxylation is 1. The zero-order valence-electron chi connectivity index (χ0n) is 7.94. The Morgan fingerprint density at radius 1 is 1.62 bits per heavy atom. The monoisotopic (exact) mass is 184 g/mol. The van der Waals surface area contributed by atoms with Gasteiger partial charge in [0.2, 0.25) is 0 Å². The Kier molecular flexibility index (Phi) is 4.42. The first-order valence-electron chi connectivity index (χ1n) is 4.53. The Balaban J connectivity index is 2.20. The molecular weight excluding hydrogens is 168 g/mol. The maximum Gasteiger partial charge on any atom is 0.0962 e. The molecular formula is C8H16N4O. The van der Waals surface area contributed by atoms with Gasteiger partial charge in [-0.1, -0.05) is 5.21 Å². The van der Waals surface area contributed by atoms with E-state index in [0.29, 0.717) is 6.54 Å². The van der Waals surface area contributed by atoms with Crippen LogP contribution in [0.25, 0.3) is 0 Å². The maximum atomic E-state index is 5.40. The quantitative estimate of drug-likeness (QED) is 0.640. The molecule has 0 bridgehead atoms. The normalized spacial score (nSPS) is 10.6. The van der Waals surface area contributed by atoms with Gasteiger partial charge in [-0.2, -0.15) is 0 Å². The maximum absolute atomic E-state index is 5.40. The van der Waals surface area contributed by atoms with Crippen LogP contribution in [0.4, 0.5) is 0 Å². The molecule has 1 rings (SSSR count). The van der Waals surface area contributed by atoms with Gasteiger partial charge in [0, 0.05) is 32.5 Å². The number of nitrogens with zero attached hydrogens (tertiary/aromatic N) is 3. The first kappa shape index (κ1) is 10.1. The summed E-state index contributed by atoms with van der Waals surface area (Å²) in [6.07, 6.45) is 2.83. The van der Waals surface area contributed by atoms with Gasteiger partial charge in [0.25, 0.3) is 0 Å². The van der Waals surface area contributed by atoms with E-state index in [0.717, 1.165) is 31.9 Å². The summed E-state index contributed by atoms with van der Waals surface area (Å²) in [7, 11) is 0. The lowest BCUT2D eigenvalue weighted by Crippen LogP contribution is -2.03. The zero-order chi connectivity index (χ0) is 9.52. The van der Waals surface area contributed by atoms with Gasteiger partial charge in [0.1, 0.15) is 0 Å². The fraction of sp³-hybridized carbons (Fsp3) is 0.750. The smallest absolute Gasteiger partial charge is 0.0962 e.